The minimum Gasteiger partial charge on any atom is -0.497 e. The van der Waals surface area contributed by atoms with E-state index in [2.05, 4.69) is 27.8 Å². The van der Waals surface area contributed by atoms with Gasteiger partial charge in [0.2, 0.25) is 0 Å². The molecule has 0 saturated carbocycles. The van der Waals surface area contributed by atoms with E-state index in [0.29, 0.717) is 11.3 Å². The fourth-order valence-corrected chi connectivity index (χ4v) is 5.31. The minimum absolute atomic E-state index is 0.186. The summed E-state index contributed by atoms with van der Waals surface area (Å²) >= 11 is 4.96. The molecule has 5 nitrogen and oxygen atoms in total. The maximum Gasteiger partial charge on any atom is 0.268 e. The van der Waals surface area contributed by atoms with Gasteiger partial charge < -0.3 is 4.74 Å². The van der Waals surface area contributed by atoms with E-state index in [0.717, 1.165) is 14.8 Å². The van der Waals surface area contributed by atoms with Gasteiger partial charge in [-0.1, -0.05) is 15.9 Å². The SMILES string of the molecule is COc1ccc2c(c1)c(SC(C)N(C)C)cn2S(=O)(=O)c1ccc(Br)cc1. The van der Waals surface area contributed by atoms with Gasteiger partial charge in [-0.05, 0) is 63.5 Å². The zero-order valence-corrected chi connectivity index (χ0v) is 18.7. The summed E-state index contributed by atoms with van der Waals surface area (Å²) in [4.78, 5) is 3.22. The number of thioether (sulfide) groups is 1. The normalized spacial score (nSPS) is 13.3. The summed E-state index contributed by atoms with van der Waals surface area (Å²) in [6, 6.07) is 12.1. The molecular formula is C19H21BrN2O3S2. The molecule has 1 atom stereocenters. The van der Waals surface area contributed by atoms with Gasteiger partial charge in [0.05, 0.1) is 22.9 Å². The summed E-state index contributed by atoms with van der Waals surface area (Å²) in [5, 5.41) is 1.04. The van der Waals surface area contributed by atoms with E-state index in [-0.39, 0.29) is 10.3 Å². The van der Waals surface area contributed by atoms with Crippen molar-refractivity contribution in [2.45, 2.75) is 22.1 Å². The average molecular weight is 469 g/mol. The highest BCUT2D eigenvalue weighted by Gasteiger charge is 2.23. The maximum atomic E-state index is 13.2. The van der Waals surface area contributed by atoms with Crippen molar-refractivity contribution in [3.05, 3.63) is 53.1 Å². The predicted molar refractivity (Wildman–Crippen MR) is 114 cm³/mol. The number of benzene rings is 2. The highest BCUT2D eigenvalue weighted by Crippen LogP contribution is 2.37. The van der Waals surface area contributed by atoms with E-state index in [1.165, 1.54) is 3.97 Å². The molecule has 0 bridgehead atoms. The number of nitrogens with zero attached hydrogens (tertiary/aromatic N) is 2. The van der Waals surface area contributed by atoms with Crippen molar-refractivity contribution in [2.24, 2.45) is 0 Å². The summed E-state index contributed by atoms with van der Waals surface area (Å²) in [5.41, 5.74) is 0.632. The molecule has 144 valence electrons. The molecule has 2 aromatic carbocycles. The Labute approximate surface area is 172 Å². The second kappa shape index (κ2) is 7.87. The van der Waals surface area contributed by atoms with Crippen LogP contribution in [0.4, 0.5) is 0 Å². The molecule has 8 heteroatoms. The molecule has 0 aliphatic heterocycles. The first-order valence-corrected chi connectivity index (χ1v) is 11.4. The molecule has 1 aromatic heterocycles. The van der Waals surface area contributed by atoms with Crippen molar-refractivity contribution in [3.63, 3.8) is 0 Å². The molecule has 3 aromatic rings. The quantitative estimate of drug-likeness (QED) is 0.389. The average Bonchev–Trinajstić information content (AvgIpc) is 3.00. The van der Waals surface area contributed by atoms with Gasteiger partial charge in [-0.15, -0.1) is 11.8 Å². The molecule has 1 heterocycles. The zero-order chi connectivity index (χ0) is 19.8. The lowest BCUT2D eigenvalue weighted by Gasteiger charge is -2.18. The Morgan fingerprint density at radius 3 is 2.41 bits per heavy atom. The Hall–Kier alpha value is -1.48. The van der Waals surface area contributed by atoms with Crippen LogP contribution in [0, 0.1) is 0 Å². The first kappa shape index (κ1) is 20.3. The highest BCUT2D eigenvalue weighted by molar-refractivity contribution is 9.10. The van der Waals surface area contributed by atoms with Crippen LogP contribution in [0.25, 0.3) is 10.9 Å². The van der Waals surface area contributed by atoms with E-state index in [4.69, 9.17) is 4.74 Å². The molecule has 3 rings (SSSR count). The Morgan fingerprint density at radius 2 is 1.81 bits per heavy atom. The topological polar surface area (TPSA) is 51.5 Å². The van der Waals surface area contributed by atoms with E-state index >= 15 is 0 Å². The van der Waals surface area contributed by atoms with Crippen molar-refractivity contribution < 1.29 is 13.2 Å². The molecule has 0 amide bonds. The number of methoxy groups -OCH3 is 1. The molecular weight excluding hydrogens is 448 g/mol. The molecule has 0 fully saturated rings. The second-order valence-corrected chi connectivity index (χ2v) is 10.4. The van der Waals surface area contributed by atoms with Crippen LogP contribution in [0.5, 0.6) is 5.75 Å². The van der Waals surface area contributed by atoms with Crippen LogP contribution in [0.2, 0.25) is 0 Å². The number of aromatic nitrogens is 1. The Kier molecular flexibility index (Phi) is 5.90. The predicted octanol–water partition coefficient (Wildman–Crippen LogP) is 4.65. The summed E-state index contributed by atoms with van der Waals surface area (Å²) in [6.45, 7) is 2.08. The molecule has 0 aliphatic carbocycles. The van der Waals surface area contributed by atoms with Crippen molar-refractivity contribution in [3.8, 4) is 5.75 Å². The number of fused-ring (bicyclic) bond motifs is 1. The Balaban J connectivity index is 2.19. The van der Waals surface area contributed by atoms with E-state index < -0.39 is 10.0 Å². The lowest BCUT2D eigenvalue weighted by atomic mass is 10.2. The highest BCUT2D eigenvalue weighted by atomic mass is 79.9. The van der Waals surface area contributed by atoms with Gasteiger partial charge in [-0.25, -0.2) is 12.4 Å². The molecule has 0 aliphatic rings. The van der Waals surface area contributed by atoms with Crippen LogP contribution >= 0.6 is 27.7 Å². The van der Waals surface area contributed by atoms with Gasteiger partial charge in [0, 0.05) is 21.0 Å². The summed E-state index contributed by atoms with van der Waals surface area (Å²) in [5.74, 6) is 0.695. The molecule has 27 heavy (non-hydrogen) atoms. The first-order chi connectivity index (χ1) is 12.7. The van der Waals surface area contributed by atoms with Crippen molar-refractivity contribution in [1.29, 1.82) is 0 Å². The fraction of sp³-hybridized carbons (Fsp3) is 0.263. The summed E-state index contributed by atoms with van der Waals surface area (Å²) < 4.78 is 34.0. The monoisotopic (exact) mass is 468 g/mol. The Morgan fingerprint density at radius 1 is 1.15 bits per heavy atom. The molecule has 0 N–H and O–H groups in total. The van der Waals surface area contributed by atoms with Crippen molar-refractivity contribution >= 4 is 48.6 Å². The largest absolute Gasteiger partial charge is 0.497 e. The number of rotatable bonds is 6. The molecule has 0 saturated heterocycles. The van der Waals surface area contributed by atoms with Crippen LogP contribution in [0.3, 0.4) is 0 Å². The van der Waals surface area contributed by atoms with Gasteiger partial charge in [0.1, 0.15) is 5.75 Å². The third-order valence-corrected chi connectivity index (χ3v) is 7.89. The van der Waals surface area contributed by atoms with Crippen molar-refractivity contribution in [1.82, 2.24) is 8.87 Å². The molecule has 0 spiro atoms. The lowest BCUT2D eigenvalue weighted by Crippen LogP contribution is -2.20. The maximum absolute atomic E-state index is 13.2. The van der Waals surface area contributed by atoms with Crippen molar-refractivity contribution in [2.75, 3.05) is 21.2 Å². The standard InChI is InChI=1S/C19H21BrN2O3S2/c1-13(21(2)3)26-19-12-22(18-10-7-15(25-4)11-17(18)19)27(23,24)16-8-5-14(20)6-9-16/h5-13H,1-4H3. The van der Waals surface area contributed by atoms with E-state index in [9.17, 15) is 8.42 Å². The lowest BCUT2D eigenvalue weighted by molar-refractivity contribution is 0.402. The molecule has 1 unspecified atom stereocenters. The first-order valence-electron chi connectivity index (χ1n) is 8.27. The smallest absolute Gasteiger partial charge is 0.268 e. The number of hydrogen-bond acceptors (Lipinski definition) is 5. The second-order valence-electron chi connectivity index (χ2n) is 6.31. The van der Waals surface area contributed by atoms with Gasteiger partial charge in [0.25, 0.3) is 10.0 Å². The van der Waals surface area contributed by atoms with Gasteiger partial charge in [-0.2, -0.15) is 0 Å². The van der Waals surface area contributed by atoms with Gasteiger partial charge in [-0.3, -0.25) is 4.90 Å². The third kappa shape index (κ3) is 4.03. The van der Waals surface area contributed by atoms with Crippen LogP contribution in [0.1, 0.15) is 6.92 Å². The molecule has 0 radical (unpaired) electrons. The van der Waals surface area contributed by atoms with E-state index in [1.54, 1.807) is 61.5 Å². The summed E-state index contributed by atoms with van der Waals surface area (Å²) in [7, 11) is 1.89. The number of ether oxygens (including phenoxy) is 1. The minimum atomic E-state index is -3.71. The van der Waals surface area contributed by atoms with Crippen LogP contribution in [0.15, 0.2) is 62.9 Å². The summed E-state index contributed by atoms with van der Waals surface area (Å²) in [6.07, 6.45) is 1.70. The van der Waals surface area contributed by atoms with Gasteiger partial charge >= 0.3 is 0 Å². The van der Waals surface area contributed by atoms with Crippen LogP contribution < -0.4 is 4.74 Å². The van der Waals surface area contributed by atoms with Crippen LogP contribution in [-0.4, -0.2) is 43.9 Å². The number of hydrogen-bond donors (Lipinski definition) is 0. The number of halogens is 1. The van der Waals surface area contributed by atoms with E-state index in [1.807, 2.05) is 20.2 Å². The third-order valence-electron chi connectivity index (χ3n) is 4.34. The van der Waals surface area contributed by atoms with Gasteiger partial charge in [0.15, 0.2) is 0 Å². The van der Waals surface area contributed by atoms with Crippen LogP contribution in [-0.2, 0) is 10.0 Å². The Bertz CT molecular complexity index is 1060. The zero-order valence-electron chi connectivity index (χ0n) is 15.5. The fourth-order valence-electron chi connectivity index (χ4n) is 2.58.